The molecule has 0 radical (unpaired) electrons. The van der Waals surface area contributed by atoms with Crippen LogP contribution in [-0.4, -0.2) is 36.2 Å². The summed E-state index contributed by atoms with van der Waals surface area (Å²) in [4.78, 5) is 16.2. The van der Waals surface area contributed by atoms with E-state index in [1.165, 1.54) is 4.90 Å². The molecule has 1 amide bonds. The van der Waals surface area contributed by atoms with E-state index in [1.54, 1.807) is 18.0 Å². The van der Waals surface area contributed by atoms with Gasteiger partial charge < -0.3 is 14.4 Å². The van der Waals surface area contributed by atoms with Crippen molar-refractivity contribution in [2.45, 2.75) is 6.92 Å². The zero-order valence-corrected chi connectivity index (χ0v) is 16.5. The van der Waals surface area contributed by atoms with Gasteiger partial charge >= 0.3 is 0 Å². The molecular formula is C22H20N2O3S. The van der Waals surface area contributed by atoms with Crippen molar-refractivity contribution >= 4 is 35.0 Å². The van der Waals surface area contributed by atoms with E-state index in [1.807, 2.05) is 55.5 Å². The molecule has 0 N–H and O–H groups in total. The number of hydrogen-bond acceptors (Lipinski definition) is 4. The highest BCUT2D eigenvalue weighted by Gasteiger charge is 2.36. The maximum atomic E-state index is 13.0. The van der Waals surface area contributed by atoms with E-state index in [0.717, 1.165) is 11.3 Å². The first-order valence-corrected chi connectivity index (χ1v) is 9.19. The van der Waals surface area contributed by atoms with Crippen LogP contribution in [0.1, 0.15) is 12.5 Å². The van der Waals surface area contributed by atoms with Crippen LogP contribution in [0.2, 0.25) is 0 Å². The van der Waals surface area contributed by atoms with Crippen LogP contribution in [0.25, 0.3) is 6.08 Å². The average Bonchev–Trinajstić information content (AvgIpc) is 2.92. The van der Waals surface area contributed by atoms with Gasteiger partial charge in [-0.25, -0.2) is 0 Å². The van der Waals surface area contributed by atoms with Crippen molar-refractivity contribution in [1.82, 2.24) is 4.90 Å². The molecule has 0 aromatic heterocycles. The third kappa shape index (κ3) is 4.00. The molecule has 5 nitrogen and oxygen atoms in total. The largest absolute Gasteiger partial charge is 0.494 e. The molecule has 0 atom stereocenters. The van der Waals surface area contributed by atoms with Crippen LogP contribution >= 0.6 is 12.2 Å². The number of benzene rings is 2. The van der Waals surface area contributed by atoms with Gasteiger partial charge in [-0.1, -0.05) is 18.1 Å². The SMILES string of the molecule is C#CCOc1ccc(/C=C2/C(=O)N(c3ccc(OCC)cc3)C(=S)N2C)cc1. The summed E-state index contributed by atoms with van der Waals surface area (Å²) in [6.07, 6.45) is 6.99. The van der Waals surface area contributed by atoms with Gasteiger partial charge in [0.1, 0.15) is 23.8 Å². The second-order valence-corrected chi connectivity index (χ2v) is 6.37. The predicted octanol–water partition coefficient (Wildman–Crippen LogP) is 3.70. The fraction of sp³-hybridized carbons (Fsp3) is 0.182. The van der Waals surface area contributed by atoms with E-state index in [9.17, 15) is 4.79 Å². The number of amides is 1. The Morgan fingerprint density at radius 1 is 1.07 bits per heavy atom. The number of carbonyl (C=O) groups is 1. The zero-order chi connectivity index (χ0) is 20.1. The second kappa shape index (κ2) is 8.59. The molecule has 3 rings (SSSR count). The van der Waals surface area contributed by atoms with Crippen LogP contribution in [0.15, 0.2) is 54.2 Å². The Morgan fingerprint density at radius 2 is 1.68 bits per heavy atom. The lowest BCUT2D eigenvalue weighted by molar-refractivity contribution is -0.114. The first kappa shape index (κ1) is 19.5. The standard InChI is InChI=1S/C22H20N2O3S/c1-4-14-27-19-10-6-16(7-11-19)15-20-21(25)24(22(28)23(20)3)17-8-12-18(13-9-17)26-5-2/h1,6-13,15H,5,14H2,2-3H3/b20-15-. The van der Waals surface area contributed by atoms with Crippen molar-refractivity contribution in [1.29, 1.82) is 0 Å². The normalized spacial score (nSPS) is 15.1. The fourth-order valence-corrected chi connectivity index (χ4v) is 3.07. The summed E-state index contributed by atoms with van der Waals surface area (Å²) in [5.74, 6) is 3.68. The summed E-state index contributed by atoms with van der Waals surface area (Å²) in [5.41, 5.74) is 2.06. The van der Waals surface area contributed by atoms with Gasteiger partial charge in [-0.05, 0) is 67.2 Å². The van der Waals surface area contributed by atoms with E-state index in [2.05, 4.69) is 5.92 Å². The highest BCUT2D eigenvalue weighted by atomic mass is 32.1. The molecule has 2 aromatic carbocycles. The third-order valence-corrected chi connectivity index (χ3v) is 4.63. The highest BCUT2D eigenvalue weighted by Crippen LogP contribution is 2.29. The van der Waals surface area contributed by atoms with Crippen molar-refractivity contribution in [3.63, 3.8) is 0 Å². The molecule has 142 valence electrons. The van der Waals surface area contributed by atoms with E-state index in [0.29, 0.717) is 28.9 Å². The number of terminal acetylenes is 1. The maximum Gasteiger partial charge on any atom is 0.281 e. The molecule has 1 aliphatic rings. The number of nitrogens with zero attached hydrogens (tertiary/aromatic N) is 2. The second-order valence-electron chi connectivity index (χ2n) is 6.00. The minimum Gasteiger partial charge on any atom is -0.494 e. The third-order valence-electron chi connectivity index (χ3n) is 4.17. The van der Waals surface area contributed by atoms with Crippen LogP contribution in [-0.2, 0) is 4.79 Å². The topological polar surface area (TPSA) is 42.0 Å². The number of likely N-dealkylation sites (N-methyl/N-ethyl adjacent to an activating group) is 1. The number of hydrogen-bond donors (Lipinski definition) is 0. The number of thiocarbonyl (C=S) groups is 1. The van der Waals surface area contributed by atoms with Crippen LogP contribution in [0.3, 0.4) is 0 Å². The van der Waals surface area contributed by atoms with Gasteiger partial charge in [0.25, 0.3) is 5.91 Å². The quantitative estimate of drug-likeness (QED) is 0.426. The Bertz CT molecular complexity index is 943. The Balaban J connectivity index is 1.83. The zero-order valence-electron chi connectivity index (χ0n) is 15.7. The Morgan fingerprint density at radius 3 is 2.29 bits per heavy atom. The van der Waals surface area contributed by atoms with E-state index < -0.39 is 0 Å². The monoisotopic (exact) mass is 392 g/mol. The van der Waals surface area contributed by atoms with Gasteiger partial charge in [0.2, 0.25) is 0 Å². The van der Waals surface area contributed by atoms with Crippen molar-refractivity contribution in [3.05, 3.63) is 59.8 Å². The average molecular weight is 392 g/mol. The molecule has 0 aliphatic carbocycles. The van der Waals surface area contributed by atoms with Crippen molar-refractivity contribution in [2.24, 2.45) is 0 Å². The number of carbonyl (C=O) groups excluding carboxylic acids is 1. The lowest BCUT2D eigenvalue weighted by atomic mass is 10.1. The molecule has 1 saturated heterocycles. The van der Waals surface area contributed by atoms with Gasteiger partial charge in [0.15, 0.2) is 5.11 Å². The summed E-state index contributed by atoms with van der Waals surface area (Å²) in [6, 6.07) is 14.6. The summed E-state index contributed by atoms with van der Waals surface area (Å²) < 4.78 is 10.8. The van der Waals surface area contributed by atoms with Crippen LogP contribution < -0.4 is 14.4 Å². The molecular weight excluding hydrogens is 372 g/mol. The van der Waals surface area contributed by atoms with Crippen LogP contribution in [0.5, 0.6) is 11.5 Å². The summed E-state index contributed by atoms with van der Waals surface area (Å²) in [7, 11) is 1.78. The van der Waals surface area contributed by atoms with E-state index in [-0.39, 0.29) is 12.5 Å². The predicted molar refractivity (Wildman–Crippen MR) is 114 cm³/mol. The first-order valence-electron chi connectivity index (χ1n) is 8.78. The Hall–Kier alpha value is -3.30. The number of ether oxygens (including phenoxy) is 2. The molecule has 2 aromatic rings. The summed E-state index contributed by atoms with van der Waals surface area (Å²) in [5, 5.41) is 0.425. The first-order chi connectivity index (χ1) is 13.5. The van der Waals surface area contributed by atoms with Crippen molar-refractivity contribution < 1.29 is 14.3 Å². The molecule has 6 heteroatoms. The highest BCUT2D eigenvalue weighted by molar-refractivity contribution is 7.80. The maximum absolute atomic E-state index is 13.0. The van der Waals surface area contributed by atoms with Crippen molar-refractivity contribution in [3.8, 4) is 23.8 Å². The lowest BCUT2D eigenvalue weighted by Gasteiger charge is -2.16. The summed E-state index contributed by atoms with van der Waals surface area (Å²) >= 11 is 5.49. The summed E-state index contributed by atoms with van der Waals surface area (Å²) in [6.45, 7) is 2.72. The Kier molecular flexibility index (Phi) is 5.97. The smallest absolute Gasteiger partial charge is 0.281 e. The Labute approximate surface area is 170 Å². The molecule has 1 fully saturated rings. The molecule has 28 heavy (non-hydrogen) atoms. The molecule has 0 spiro atoms. The molecule has 1 heterocycles. The van der Waals surface area contributed by atoms with Gasteiger partial charge in [-0.3, -0.25) is 9.69 Å². The fourth-order valence-electron chi connectivity index (χ4n) is 2.79. The van der Waals surface area contributed by atoms with Gasteiger partial charge in [-0.2, -0.15) is 0 Å². The number of anilines is 1. The van der Waals surface area contributed by atoms with Crippen LogP contribution in [0.4, 0.5) is 5.69 Å². The minimum absolute atomic E-state index is 0.177. The molecule has 0 unspecified atom stereocenters. The molecule has 0 bridgehead atoms. The lowest BCUT2D eigenvalue weighted by Crippen LogP contribution is -2.31. The van der Waals surface area contributed by atoms with Crippen LogP contribution in [0, 0.1) is 12.3 Å². The van der Waals surface area contributed by atoms with Crippen molar-refractivity contribution in [2.75, 3.05) is 25.2 Å². The molecule has 1 aliphatic heterocycles. The van der Waals surface area contributed by atoms with Gasteiger partial charge in [0.05, 0.1) is 12.3 Å². The van der Waals surface area contributed by atoms with Gasteiger partial charge in [-0.15, -0.1) is 6.42 Å². The van der Waals surface area contributed by atoms with E-state index in [4.69, 9.17) is 28.1 Å². The molecule has 0 saturated carbocycles. The number of rotatable bonds is 6. The van der Waals surface area contributed by atoms with E-state index >= 15 is 0 Å². The minimum atomic E-state index is -0.177. The van der Waals surface area contributed by atoms with Gasteiger partial charge in [0, 0.05) is 7.05 Å².